The Balaban J connectivity index is 2.55. The molecule has 1 aromatic rings. The third kappa shape index (κ3) is 5.16. The molecule has 0 aliphatic heterocycles. The number of benzene rings is 1. The number of hydrogen-bond acceptors (Lipinski definition) is 2. The van der Waals surface area contributed by atoms with Crippen molar-refractivity contribution < 1.29 is 22.4 Å². The summed E-state index contributed by atoms with van der Waals surface area (Å²) in [5.74, 6) is -1.22. The molecule has 1 unspecified atom stereocenters. The van der Waals surface area contributed by atoms with Crippen molar-refractivity contribution in [2.75, 3.05) is 6.54 Å². The summed E-state index contributed by atoms with van der Waals surface area (Å²) in [6.45, 7) is 1.67. The molecule has 0 saturated carbocycles. The standard InChI is InChI=1S/C13H16F4N2O/c1-8(10-5-3-4-6-11(10)14)19-9(2)12(20)18-7-13(15,16)17/h3-6,8-9,19H,7H2,1-2H3,(H,18,20)/t8-,9?/m1/s1. The zero-order valence-electron chi connectivity index (χ0n) is 11.1. The summed E-state index contributed by atoms with van der Waals surface area (Å²) in [5.41, 5.74) is 0.350. The monoisotopic (exact) mass is 292 g/mol. The number of carbonyl (C=O) groups is 1. The van der Waals surface area contributed by atoms with Crippen molar-refractivity contribution in [2.45, 2.75) is 32.1 Å². The highest BCUT2D eigenvalue weighted by molar-refractivity contribution is 5.81. The van der Waals surface area contributed by atoms with Crippen LogP contribution in [-0.4, -0.2) is 24.7 Å². The van der Waals surface area contributed by atoms with E-state index in [0.717, 1.165) is 0 Å². The fourth-order valence-electron chi connectivity index (χ4n) is 1.71. The zero-order chi connectivity index (χ0) is 15.3. The number of alkyl halides is 3. The second-order valence-corrected chi connectivity index (χ2v) is 4.46. The van der Waals surface area contributed by atoms with E-state index in [4.69, 9.17) is 0 Å². The first-order valence-corrected chi connectivity index (χ1v) is 6.05. The molecule has 0 aromatic heterocycles. The van der Waals surface area contributed by atoms with Crippen LogP contribution >= 0.6 is 0 Å². The van der Waals surface area contributed by atoms with Gasteiger partial charge in [-0.1, -0.05) is 18.2 Å². The molecule has 3 nitrogen and oxygen atoms in total. The molecule has 2 N–H and O–H groups in total. The summed E-state index contributed by atoms with van der Waals surface area (Å²) >= 11 is 0. The summed E-state index contributed by atoms with van der Waals surface area (Å²) in [5, 5.41) is 4.53. The Kier molecular flexibility index (Phi) is 5.50. The van der Waals surface area contributed by atoms with Crippen LogP contribution in [0.3, 0.4) is 0 Å². The van der Waals surface area contributed by atoms with Gasteiger partial charge in [0.2, 0.25) is 5.91 Å². The van der Waals surface area contributed by atoms with Crippen molar-refractivity contribution in [3.05, 3.63) is 35.6 Å². The first kappa shape index (κ1) is 16.4. The fourth-order valence-corrected chi connectivity index (χ4v) is 1.71. The van der Waals surface area contributed by atoms with Crippen molar-refractivity contribution in [3.63, 3.8) is 0 Å². The van der Waals surface area contributed by atoms with Gasteiger partial charge in [0.25, 0.3) is 0 Å². The van der Waals surface area contributed by atoms with Gasteiger partial charge in [0.15, 0.2) is 0 Å². The second kappa shape index (κ2) is 6.69. The SMILES string of the molecule is CC(N[C@H](C)c1ccccc1F)C(=O)NCC(F)(F)F. The van der Waals surface area contributed by atoms with Crippen LogP contribution in [0.15, 0.2) is 24.3 Å². The maximum atomic E-state index is 13.5. The lowest BCUT2D eigenvalue weighted by Crippen LogP contribution is -2.46. The molecule has 0 aliphatic rings. The molecule has 0 spiro atoms. The Morgan fingerprint density at radius 2 is 1.85 bits per heavy atom. The van der Waals surface area contributed by atoms with Gasteiger partial charge < -0.3 is 5.32 Å². The molecule has 0 bridgehead atoms. The number of halogens is 4. The quantitative estimate of drug-likeness (QED) is 0.819. The highest BCUT2D eigenvalue weighted by atomic mass is 19.4. The molecule has 112 valence electrons. The molecule has 20 heavy (non-hydrogen) atoms. The molecule has 0 heterocycles. The van der Waals surface area contributed by atoms with E-state index in [1.807, 2.05) is 0 Å². The summed E-state index contributed by atoms with van der Waals surface area (Å²) in [6, 6.07) is 4.64. The van der Waals surface area contributed by atoms with Gasteiger partial charge in [-0.2, -0.15) is 13.2 Å². The van der Waals surface area contributed by atoms with Gasteiger partial charge in [-0.05, 0) is 19.9 Å². The predicted octanol–water partition coefficient (Wildman–Crippen LogP) is 2.54. The lowest BCUT2D eigenvalue weighted by atomic mass is 10.1. The summed E-state index contributed by atoms with van der Waals surface area (Å²) in [4.78, 5) is 11.5. The van der Waals surface area contributed by atoms with Crippen molar-refractivity contribution >= 4 is 5.91 Å². The predicted molar refractivity (Wildman–Crippen MR) is 66.5 cm³/mol. The van der Waals surface area contributed by atoms with Crippen molar-refractivity contribution in [1.29, 1.82) is 0 Å². The first-order valence-electron chi connectivity index (χ1n) is 6.05. The highest BCUT2D eigenvalue weighted by Crippen LogP contribution is 2.17. The van der Waals surface area contributed by atoms with Crippen LogP contribution in [0.5, 0.6) is 0 Å². The smallest absolute Gasteiger partial charge is 0.346 e. The minimum absolute atomic E-state index is 0.350. The Bertz CT molecular complexity index is 462. The van der Waals surface area contributed by atoms with E-state index < -0.39 is 36.5 Å². The Labute approximate surface area is 114 Å². The van der Waals surface area contributed by atoms with Gasteiger partial charge in [-0.15, -0.1) is 0 Å². The second-order valence-electron chi connectivity index (χ2n) is 4.46. The minimum atomic E-state index is -4.45. The Morgan fingerprint density at radius 1 is 1.25 bits per heavy atom. The van der Waals surface area contributed by atoms with Crippen LogP contribution < -0.4 is 10.6 Å². The number of amides is 1. The van der Waals surface area contributed by atoms with Crippen molar-refractivity contribution in [3.8, 4) is 0 Å². The molecular formula is C13H16F4N2O. The topological polar surface area (TPSA) is 41.1 Å². The lowest BCUT2D eigenvalue weighted by molar-refractivity contribution is -0.139. The van der Waals surface area contributed by atoms with Crippen LogP contribution in [0, 0.1) is 5.82 Å². The van der Waals surface area contributed by atoms with Crippen LogP contribution in [-0.2, 0) is 4.79 Å². The molecule has 0 radical (unpaired) electrons. The van der Waals surface area contributed by atoms with Gasteiger partial charge >= 0.3 is 6.18 Å². The van der Waals surface area contributed by atoms with Gasteiger partial charge in [-0.3, -0.25) is 10.1 Å². The van der Waals surface area contributed by atoms with Crippen LogP contribution in [0.1, 0.15) is 25.5 Å². The molecular weight excluding hydrogens is 276 g/mol. The maximum absolute atomic E-state index is 13.5. The summed E-state index contributed by atoms with van der Waals surface area (Å²) < 4.78 is 49.4. The average molecular weight is 292 g/mol. The zero-order valence-corrected chi connectivity index (χ0v) is 11.1. The van der Waals surface area contributed by atoms with E-state index in [-0.39, 0.29) is 0 Å². The maximum Gasteiger partial charge on any atom is 0.405 e. The van der Waals surface area contributed by atoms with Gasteiger partial charge in [0, 0.05) is 11.6 Å². The van der Waals surface area contributed by atoms with E-state index in [1.165, 1.54) is 19.1 Å². The van der Waals surface area contributed by atoms with Crippen LogP contribution in [0.4, 0.5) is 17.6 Å². The molecule has 0 fully saturated rings. The van der Waals surface area contributed by atoms with Crippen molar-refractivity contribution in [1.82, 2.24) is 10.6 Å². The number of carbonyl (C=O) groups excluding carboxylic acids is 1. The third-order valence-corrected chi connectivity index (χ3v) is 2.73. The first-order chi connectivity index (χ1) is 9.20. The third-order valence-electron chi connectivity index (χ3n) is 2.73. The highest BCUT2D eigenvalue weighted by Gasteiger charge is 2.29. The van der Waals surface area contributed by atoms with Crippen molar-refractivity contribution in [2.24, 2.45) is 0 Å². The number of nitrogens with one attached hydrogen (secondary N) is 2. The molecule has 0 aliphatic carbocycles. The van der Waals surface area contributed by atoms with E-state index in [1.54, 1.807) is 24.4 Å². The lowest BCUT2D eigenvalue weighted by Gasteiger charge is -2.20. The molecule has 1 amide bonds. The molecule has 1 rings (SSSR count). The largest absolute Gasteiger partial charge is 0.405 e. The molecule has 0 saturated heterocycles. The van der Waals surface area contributed by atoms with E-state index in [9.17, 15) is 22.4 Å². The van der Waals surface area contributed by atoms with Crippen LogP contribution in [0.2, 0.25) is 0 Å². The van der Waals surface area contributed by atoms with Gasteiger partial charge in [-0.25, -0.2) is 4.39 Å². The fraction of sp³-hybridized carbons (Fsp3) is 0.462. The minimum Gasteiger partial charge on any atom is -0.346 e. The Hall–Kier alpha value is -1.63. The molecule has 2 atom stereocenters. The Morgan fingerprint density at radius 3 is 2.40 bits per heavy atom. The summed E-state index contributed by atoms with van der Waals surface area (Å²) in [6.07, 6.45) is -4.45. The summed E-state index contributed by atoms with van der Waals surface area (Å²) in [7, 11) is 0. The van der Waals surface area contributed by atoms with Gasteiger partial charge in [0.05, 0.1) is 6.04 Å². The normalized spacial score (nSPS) is 14.7. The average Bonchev–Trinajstić information content (AvgIpc) is 2.35. The number of hydrogen-bond donors (Lipinski definition) is 2. The van der Waals surface area contributed by atoms with E-state index in [0.29, 0.717) is 5.56 Å². The van der Waals surface area contributed by atoms with E-state index >= 15 is 0 Å². The number of rotatable bonds is 5. The molecule has 7 heteroatoms. The van der Waals surface area contributed by atoms with Crippen LogP contribution in [0.25, 0.3) is 0 Å². The molecule has 1 aromatic carbocycles. The van der Waals surface area contributed by atoms with E-state index in [2.05, 4.69) is 5.32 Å². The van der Waals surface area contributed by atoms with Gasteiger partial charge in [0.1, 0.15) is 12.4 Å².